The summed E-state index contributed by atoms with van der Waals surface area (Å²) in [6.07, 6.45) is 0. The lowest BCUT2D eigenvalue weighted by Crippen LogP contribution is -2.14. The maximum Gasteiger partial charge on any atom is 0.313 e. The van der Waals surface area contributed by atoms with E-state index >= 15 is 0 Å². The first-order valence-electron chi connectivity index (χ1n) is 2.74. The molecule has 0 aromatic carbocycles. The highest BCUT2D eigenvalue weighted by molar-refractivity contribution is 6.40. The van der Waals surface area contributed by atoms with Crippen molar-refractivity contribution >= 4 is 11.6 Å². The van der Waals surface area contributed by atoms with Gasteiger partial charge in [-0.05, 0) is 5.22 Å². The summed E-state index contributed by atoms with van der Waals surface area (Å²) < 4.78 is 0. The van der Waals surface area contributed by atoms with E-state index in [1.165, 1.54) is 0 Å². The van der Waals surface area contributed by atoms with Gasteiger partial charge in [-0.15, -0.1) is 5.10 Å². The lowest BCUT2D eigenvalue weighted by molar-refractivity contribution is -0.112. The van der Waals surface area contributed by atoms with Crippen molar-refractivity contribution in [3.63, 3.8) is 0 Å². The monoisotopic (exact) mass is 125 g/mol. The van der Waals surface area contributed by atoms with E-state index < -0.39 is 0 Å². The van der Waals surface area contributed by atoms with Crippen LogP contribution in [0.2, 0.25) is 0 Å². The maximum absolute atomic E-state index is 10.6. The summed E-state index contributed by atoms with van der Waals surface area (Å²) >= 11 is 0. The summed E-state index contributed by atoms with van der Waals surface area (Å²) in [6.45, 7) is 3.76. The molecule has 0 spiro atoms. The number of hydrogen-bond donors (Lipinski definition) is 0. The molecule has 0 saturated carbocycles. The molecule has 0 aromatic heterocycles. The molecule has 1 heterocycles. The van der Waals surface area contributed by atoms with Gasteiger partial charge in [0.1, 0.15) is 5.71 Å². The molecule has 48 valence electrons. The van der Waals surface area contributed by atoms with Crippen molar-refractivity contribution in [1.29, 1.82) is 0 Å². The van der Waals surface area contributed by atoms with Gasteiger partial charge in [0.25, 0.3) is 0 Å². The van der Waals surface area contributed by atoms with E-state index in [1.54, 1.807) is 0 Å². The first kappa shape index (κ1) is 6.07. The molecule has 1 amide bonds. The fourth-order valence-electron chi connectivity index (χ4n) is 0.568. The summed E-state index contributed by atoms with van der Waals surface area (Å²) in [5, 5.41) is 9.99. The van der Waals surface area contributed by atoms with Crippen LogP contribution in [0, 0.1) is 5.92 Å². The summed E-state index contributed by atoms with van der Waals surface area (Å²) in [7, 11) is 0. The summed E-state index contributed by atoms with van der Waals surface area (Å²) in [4.78, 5) is 10.6. The highest BCUT2D eigenvalue weighted by Crippen LogP contribution is 2.05. The van der Waals surface area contributed by atoms with Gasteiger partial charge in [-0.25, -0.2) is 0 Å². The molecule has 0 aromatic rings. The van der Waals surface area contributed by atoms with Gasteiger partial charge in [-0.1, -0.05) is 19.0 Å². The SMILES string of the molecule is CC(C)C1=NN=NC1=O. The van der Waals surface area contributed by atoms with Gasteiger partial charge >= 0.3 is 5.91 Å². The number of carbonyl (C=O) groups excluding carboxylic acids is 1. The predicted octanol–water partition coefficient (Wildman–Crippen LogP) is 0.991. The molecule has 0 bridgehead atoms. The Labute approximate surface area is 52.7 Å². The first-order chi connectivity index (χ1) is 4.22. The van der Waals surface area contributed by atoms with E-state index in [4.69, 9.17) is 0 Å². The largest absolute Gasteiger partial charge is 0.313 e. The molecule has 1 aliphatic heterocycles. The average molecular weight is 125 g/mol. The van der Waals surface area contributed by atoms with Crippen LogP contribution < -0.4 is 0 Å². The minimum absolute atomic E-state index is 0.132. The second-order valence-electron chi connectivity index (χ2n) is 2.13. The third-order valence-corrected chi connectivity index (χ3v) is 1.05. The Kier molecular flexibility index (Phi) is 1.38. The van der Waals surface area contributed by atoms with Crippen LogP contribution in [0.1, 0.15) is 13.8 Å². The van der Waals surface area contributed by atoms with Crippen LogP contribution in [-0.4, -0.2) is 11.6 Å². The van der Waals surface area contributed by atoms with Crippen LogP contribution in [-0.2, 0) is 4.79 Å². The van der Waals surface area contributed by atoms with Gasteiger partial charge in [-0.3, -0.25) is 4.79 Å². The van der Waals surface area contributed by atoms with Gasteiger partial charge in [0.05, 0.1) is 0 Å². The Morgan fingerprint density at radius 2 is 2.11 bits per heavy atom. The standard InChI is InChI=1S/C5H7N3O/c1-3(2)4-5(9)7-8-6-4/h3H,1-2H3. The highest BCUT2D eigenvalue weighted by atomic mass is 16.2. The summed E-state index contributed by atoms with van der Waals surface area (Å²) in [5.41, 5.74) is 0.454. The molecule has 0 atom stereocenters. The topological polar surface area (TPSA) is 54.1 Å². The predicted molar refractivity (Wildman–Crippen MR) is 32.1 cm³/mol. The minimum Gasteiger partial charge on any atom is -0.264 e. The molecule has 1 rings (SSSR count). The minimum atomic E-state index is -0.301. The van der Waals surface area contributed by atoms with Crippen LogP contribution in [0.15, 0.2) is 15.4 Å². The average Bonchev–Trinajstić information content (AvgIpc) is 2.13. The van der Waals surface area contributed by atoms with Crippen LogP contribution >= 0.6 is 0 Å². The van der Waals surface area contributed by atoms with Crippen LogP contribution in [0.3, 0.4) is 0 Å². The van der Waals surface area contributed by atoms with Crippen LogP contribution in [0.5, 0.6) is 0 Å². The third-order valence-electron chi connectivity index (χ3n) is 1.05. The molecule has 0 unspecified atom stereocenters. The van der Waals surface area contributed by atoms with E-state index in [-0.39, 0.29) is 11.8 Å². The van der Waals surface area contributed by atoms with Gasteiger partial charge < -0.3 is 0 Å². The Morgan fingerprint density at radius 1 is 1.44 bits per heavy atom. The van der Waals surface area contributed by atoms with Crippen LogP contribution in [0.4, 0.5) is 0 Å². The second-order valence-corrected chi connectivity index (χ2v) is 2.13. The molecule has 1 aliphatic rings. The van der Waals surface area contributed by atoms with Crippen molar-refractivity contribution in [1.82, 2.24) is 0 Å². The fourth-order valence-corrected chi connectivity index (χ4v) is 0.568. The van der Waals surface area contributed by atoms with Crippen molar-refractivity contribution in [3.05, 3.63) is 0 Å². The molecular weight excluding hydrogens is 118 g/mol. The molecule has 0 radical (unpaired) electrons. The fraction of sp³-hybridized carbons (Fsp3) is 0.600. The van der Waals surface area contributed by atoms with Gasteiger partial charge in [0.15, 0.2) is 0 Å². The van der Waals surface area contributed by atoms with Crippen molar-refractivity contribution in [2.24, 2.45) is 21.4 Å². The zero-order valence-electron chi connectivity index (χ0n) is 5.33. The molecule has 9 heavy (non-hydrogen) atoms. The number of hydrogen-bond acceptors (Lipinski definition) is 3. The quantitative estimate of drug-likeness (QED) is 0.515. The molecule has 0 saturated heterocycles. The molecule has 0 N–H and O–H groups in total. The number of amides is 1. The number of carbonyl (C=O) groups is 1. The maximum atomic E-state index is 10.6. The number of nitrogens with zero attached hydrogens (tertiary/aromatic N) is 3. The molecule has 4 heteroatoms. The zero-order chi connectivity index (χ0) is 6.85. The number of rotatable bonds is 1. The summed E-state index contributed by atoms with van der Waals surface area (Å²) in [6, 6.07) is 0. The van der Waals surface area contributed by atoms with E-state index in [9.17, 15) is 4.79 Å². The molecular formula is C5H7N3O. The van der Waals surface area contributed by atoms with Crippen molar-refractivity contribution < 1.29 is 4.79 Å². The Hall–Kier alpha value is -1.06. The Balaban J connectivity index is 2.76. The van der Waals surface area contributed by atoms with E-state index in [0.717, 1.165) is 0 Å². The van der Waals surface area contributed by atoms with E-state index in [2.05, 4.69) is 15.4 Å². The third kappa shape index (κ3) is 1.01. The van der Waals surface area contributed by atoms with Crippen molar-refractivity contribution in [2.45, 2.75) is 13.8 Å². The summed E-state index contributed by atoms with van der Waals surface area (Å²) in [5.74, 6) is -0.169. The highest BCUT2D eigenvalue weighted by Gasteiger charge is 2.18. The Morgan fingerprint density at radius 3 is 2.33 bits per heavy atom. The normalized spacial score (nSPS) is 17.2. The van der Waals surface area contributed by atoms with E-state index in [0.29, 0.717) is 5.71 Å². The smallest absolute Gasteiger partial charge is 0.264 e. The first-order valence-corrected chi connectivity index (χ1v) is 2.74. The second kappa shape index (κ2) is 2.05. The zero-order valence-corrected chi connectivity index (χ0v) is 5.33. The van der Waals surface area contributed by atoms with Crippen molar-refractivity contribution in [3.8, 4) is 0 Å². The molecule has 0 fully saturated rings. The van der Waals surface area contributed by atoms with E-state index in [1.807, 2.05) is 13.8 Å². The van der Waals surface area contributed by atoms with Gasteiger partial charge in [-0.2, -0.15) is 0 Å². The van der Waals surface area contributed by atoms with Crippen molar-refractivity contribution in [2.75, 3.05) is 0 Å². The van der Waals surface area contributed by atoms with Crippen LogP contribution in [0.25, 0.3) is 0 Å². The lowest BCUT2D eigenvalue weighted by atomic mass is 10.1. The van der Waals surface area contributed by atoms with Gasteiger partial charge in [0.2, 0.25) is 0 Å². The molecule has 4 nitrogen and oxygen atoms in total. The lowest BCUT2D eigenvalue weighted by Gasteiger charge is -1.95. The van der Waals surface area contributed by atoms with Gasteiger partial charge in [0, 0.05) is 5.92 Å². The Bertz CT molecular complexity index is 192. The molecule has 0 aliphatic carbocycles.